The molecule has 7 nitrogen and oxygen atoms in total. The van der Waals surface area contributed by atoms with Crippen LogP contribution in [0.25, 0.3) is 6.08 Å². The fraction of sp³-hybridized carbons (Fsp3) is 0.115. The highest BCUT2D eigenvalue weighted by Gasteiger charge is 2.36. The first-order chi connectivity index (χ1) is 17.7. The number of halogens is 3. The maximum Gasteiger partial charge on any atom is 0.294 e. The number of nitrogens with one attached hydrogen (secondary N) is 1. The normalized spacial score (nSPS) is 14.3. The lowest BCUT2D eigenvalue weighted by atomic mass is 10.1. The molecule has 3 aromatic carbocycles. The topological polar surface area (TPSA) is 84.9 Å². The molecule has 0 aliphatic carbocycles. The predicted octanol–water partition coefficient (Wildman–Crippen LogP) is 6.86. The van der Waals surface area contributed by atoms with Crippen molar-refractivity contribution in [2.75, 3.05) is 19.0 Å². The summed E-state index contributed by atoms with van der Waals surface area (Å²) in [4.78, 5) is 38.9. The number of carbonyl (C=O) groups excluding carboxylic acids is 3. The highest BCUT2D eigenvalue weighted by atomic mass is 127. The molecule has 0 aromatic heterocycles. The number of carbonyl (C=O) groups is 3. The van der Waals surface area contributed by atoms with Crippen molar-refractivity contribution in [1.82, 2.24) is 4.90 Å². The number of methoxy groups -OCH3 is 1. The van der Waals surface area contributed by atoms with Gasteiger partial charge >= 0.3 is 0 Å². The third-order valence-corrected chi connectivity index (χ3v) is 7.46. The molecular weight excluding hydrogens is 650 g/mol. The van der Waals surface area contributed by atoms with Gasteiger partial charge in [0.25, 0.3) is 11.1 Å². The van der Waals surface area contributed by atoms with Crippen LogP contribution in [-0.2, 0) is 16.2 Å². The molecule has 1 aliphatic rings. The molecule has 0 bridgehead atoms. The van der Waals surface area contributed by atoms with Crippen LogP contribution in [0.1, 0.15) is 11.1 Å². The van der Waals surface area contributed by atoms with E-state index in [0.29, 0.717) is 39.4 Å². The Morgan fingerprint density at radius 3 is 2.54 bits per heavy atom. The van der Waals surface area contributed by atoms with E-state index < -0.39 is 23.6 Å². The van der Waals surface area contributed by atoms with Gasteiger partial charge in [0.05, 0.1) is 26.3 Å². The Bertz CT molecular complexity index is 1400. The first kappa shape index (κ1) is 27.3. The fourth-order valence-electron chi connectivity index (χ4n) is 3.38. The number of benzene rings is 3. The molecule has 0 saturated carbocycles. The standard InChI is InChI=1S/C26H19Cl2IN2O5S/c1-35-21-11-16(10-19(29)24(21)36-14-15-6-8-17(27)9-7-15)12-22-25(33)31(26(34)37-22)13-23(32)30-20-5-3-2-4-18(20)28/h2-12H,13-14H2,1H3,(H,30,32)/b22-12-. The summed E-state index contributed by atoms with van der Waals surface area (Å²) in [6, 6.07) is 17.6. The van der Waals surface area contributed by atoms with E-state index in [1.165, 1.54) is 7.11 Å². The Balaban J connectivity index is 1.47. The molecule has 0 spiro atoms. The van der Waals surface area contributed by atoms with Gasteiger partial charge in [-0.25, -0.2) is 0 Å². The van der Waals surface area contributed by atoms with E-state index in [1.54, 1.807) is 48.5 Å². The van der Waals surface area contributed by atoms with Crippen LogP contribution in [0.2, 0.25) is 10.0 Å². The third-order valence-electron chi connectivity index (χ3n) is 5.17. The molecular formula is C26H19Cl2IN2O5S. The van der Waals surface area contributed by atoms with Gasteiger partial charge in [0.2, 0.25) is 5.91 Å². The first-order valence-corrected chi connectivity index (χ1v) is 13.4. The van der Waals surface area contributed by atoms with E-state index in [2.05, 4.69) is 27.9 Å². The molecule has 1 fully saturated rings. The van der Waals surface area contributed by atoms with Crippen molar-refractivity contribution in [3.63, 3.8) is 0 Å². The van der Waals surface area contributed by atoms with Crippen molar-refractivity contribution in [2.24, 2.45) is 0 Å². The average Bonchev–Trinajstić information content (AvgIpc) is 3.12. The number of ether oxygens (including phenoxy) is 2. The number of hydrogen-bond acceptors (Lipinski definition) is 6. The zero-order valence-corrected chi connectivity index (χ0v) is 23.8. The van der Waals surface area contributed by atoms with Crippen molar-refractivity contribution in [3.8, 4) is 11.5 Å². The van der Waals surface area contributed by atoms with Crippen LogP contribution in [0.3, 0.4) is 0 Å². The van der Waals surface area contributed by atoms with E-state index >= 15 is 0 Å². The van der Waals surface area contributed by atoms with Crippen molar-refractivity contribution >= 4 is 86.4 Å². The number of amides is 3. The average molecular weight is 669 g/mol. The van der Waals surface area contributed by atoms with Crippen LogP contribution in [0.15, 0.2) is 65.6 Å². The molecule has 0 unspecified atom stereocenters. The molecule has 1 saturated heterocycles. The minimum atomic E-state index is -0.554. The maximum absolute atomic E-state index is 12.9. The van der Waals surface area contributed by atoms with E-state index in [0.717, 1.165) is 25.8 Å². The van der Waals surface area contributed by atoms with Crippen LogP contribution in [-0.4, -0.2) is 35.6 Å². The van der Waals surface area contributed by atoms with Gasteiger partial charge in [0.1, 0.15) is 13.2 Å². The van der Waals surface area contributed by atoms with Crippen molar-refractivity contribution in [3.05, 3.63) is 90.3 Å². The van der Waals surface area contributed by atoms with Gasteiger partial charge in [0, 0.05) is 5.02 Å². The van der Waals surface area contributed by atoms with Gasteiger partial charge < -0.3 is 14.8 Å². The Morgan fingerprint density at radius 1 is 1.11 bits per heavy atom. The summed E-state index contributed by atoms with van der Waals surface area (Å²) in [5.41, 5.74) is 1.99. The SMILES string of the molecule is COc1cc(/C=C2\SC(=O)N(CC(=O)Nc3ccccc3Cl)C2=O)cc(I)c1OCc1ccc(Cl)cc1. The number of rotatable bonds is 8. The van der Waals surface area contributed by atoms with Gasteiger partial charge in [-0.1, -0.05) is 47.5 Å². The Labute approximate surface area is 241 Å². The summed E-state index contributed by atoms with van der Waals surface area (Å²) in [6.45, 7) is -0.108. The third kappa shape index (κ3) is 6.78. The highest BCUT2D eigenvalue weighted by molar-refractivity contribution is 14.1. The van der Waals surface area contributed by atoms with Gasteiger partial charge in [-0.3, -0.25) is 19.3 Å². The Morgan fingerprint density at radius 2 is 1.84 bits per heavy atom. The second-order valence-corrected chi connectivity index (χ2v) is 10.7. The van der Waals surface area contributed by atoms with E-state index in [4.69, 9.17) is 32.7 Å². The van der Waals surface area contributed by atoms with Crippen LogP contribution in [0, 0.1) is 3.57 Å². The van der Waals surface area contributed by atoms with Gasteiger partial charge in [-0.2, -0.15) is 0 Å². The van der Waals surface area contributed by atoms with E-state index in [9.17, 15) is 14.4 Å². The number of thioether (sulfide) groups is 1. The lowest BCUT2D eigenvalue weighted by molar-refractivity contribution is -0.127. The molecule has 0 atom stereocenters. The lowest BCUT2D eigenvalue weighted by Crippen LogP contribution is -2.36. The molecule has 190 valence electrons. The number of nitrogens with zero attached hydrogens (tertiary/aromatic N) is 1. The van der Waals surface area contributed by atoms with Crippen LogP contribution < -0.4 is 14.8 Å². The predicted molar refractivity (Wildman–Crippen MR) is 154 cm³/mol. The summed E-state index contributed by atoms with van der Waals surface area (Å²) in [5, 5.41) is 3.08. The molecule has 1 N–H and O–H groups in total. The number of hydrogen-bond donors (Lipinski definition) is 1. The Kier molecular flexibility index (Phi) is 9.01. The summed E-state index contributed by atoms with van der Waals surface area (Å²) in [5.74, 6) is -0.0542. The van der Waals surface area contributed by atoms with Crippen molar-refractivity contribution in [2.45, 2.75) is 6.61 Å². The van der Waals surface area contributed by atoms with Crippen LogP contribution in [0.5, 0.6) is 11.5 Å². The fourth-order valence-corrected chi connectivity index (χ4v) is 5.31. The summed E-state index contributed by atoms with van der Waals surface area (Å²) in [7, 11) is 1.52. The number of anilines is 1. The molecule has 3 amide bonds. The molecule has 4 rings (SSSR count). The summed E-state index contributed by atoms with van der Waals surface area (Å²) in [6.07, 6.45) is 1.59. The molecule has 3 aromatic rings. The lowest BCUT2D eigenvalue weighted by Gasteiger charge is -2.14. The molecule has 1 aliphatic heterocycles. The monoisotopic (exact) mass is 668 g/mol. The minimum Gasteiger partial charge on any atom is -0.493 e. The number of para-hydroxylation sites is 1. The van der Waals surface area contributed by atoms with E-state index in [1.807, 2.05) is 18.2 Å². The first-order valence-electron chi connectivity index (χ1n) is 10.8. The number of imide groups is 1. The van der Waals surface area contributed by atoms with Crippen molar-refractivity contribution < 1.29 is 23.9 Å². The summed E-state index contributed by atoms with van der Waals surface area (Å²) >= 11 is 14.9. The molecule has 37 heavy (non-hydrogen) atoms. The summed E-state index contributed by atoms with van der Waals surface area (Å²) < 4.78 is 12.3. The zero-order valence-electron chi connectivity index (χ0n) is 19.3. The second-order valence-electron chi connectivity index (χ2n) is 7.75. The maximum atomic E-state index is 12.9. The van der Waals surface area contributed by atoms with Crippen molar-refractivity contribution in [1.29, 1.82) is 0 Å². The highest BCUT2D eigenvalue weighted by Crippen LogP contribution is 2.37. The smallest absolute Gasteiger partial charge is 0.294 e. The second kappa shape index (κ2) is 12.2. The van der Waals surface area contributed by atoms with Gasteiger partial charge in [-0.05, 0) is 88.0 Å². The molecule has 1 heterocycles. The Hall–Kier alpha value is -2.73. The molecule has 11 heteroatoms. The quantitative estimate of drug-likeness (QED) is 0.209. The van der Waals surface area contributed by atoms with Gasteiger partial charge in [0.15, 0.2) is 11.5 Å². The van der Waals surface area contributed by atoms with Crippen LogP contribution >= 0.6 is 57.6 Å². The van der Waals surface area contributed by atoms with Crippen LogP contribution in [0.4, 0.5) is 10.5 Å². The van der Waals surface area contributed by atoms with E-state index in [-0.39, 0.29) is 4.91 Å². The van der Waals surface area contributed by atoms with Gasteiger partial charge in [-0.15, -0.1) is 0 Å². The minimum absolute atomic E-state index is 0.197. The molecule has 0 radical (unpaired) electrons. The zero-order chi connectivity index (χ0) is 26.5. The largest absolute Gasteiger partial charge is 0.493 e.